The summed E-state index contributed by atoms with van der Waals surface area (Å²) in [6.45, 7) is 10.8. The molecule has 0 aliphatic carbocycles. The second-order valence-corrected chi connectivity index (χ2v) is 10.3. The fraction of sp³-hybridized carbons (Fsp3) is 0.281. The Kier molecular flexibility index (Phi) is 8.06. The molecule has 4 nitrogen and oxygen atoms in total. The van der Waals surface area contributed by atoms with E-state index in [1.54, 1.807) is 12.4 Å². The maximum absolute atomic E-state index is 13.6. The molecule has 0 N–H and O–H groups in total. The molecular weight excluding hydrogens is 497 g/mol. The normalized spacial score (nSPS) is 11.5. The highest BCUT2D eigenvalue weighted by Crippen LogP contribution is 2.34. The van der Waals surface area contributed by atoms with Crippen LogP contribution in [0.25, 0.3) is 11.1 Å². The molecule has 0 saturated heterocycles. The van der Waals surface area contributed by atoms with E-state index in [1.165, 1.54) is 11.6 Å². The van der Waals surface area contributed by atoms with Gasteiger partial charge in [0.25, 0.3) is 0 Å². The number of nitriles is 1. The van der Waals surface area contributed by atoms with Gasteiger partial charge in [0, 0.05) is 25.5 Å². The van der Waals surface area contributed by atoms with E-state index in [0.29, 0.717) is 24.0 Å². The van der Waals surface area contributed by atoms with Crippen LogP contribution in [-0.2, 0) is 19.3 Å². The first kappa shape index (κ1) is 27.8. The molecule has 3 aromatic carbocycles. The summed E-state index contributed by atoms with van der Waals surface area (Å²) in [5.74, 6) is 0.766. The van der Waals surface area contributed by atoms with E-state index in [-0.39, 0.29) is 12.1 Å². The van der Waals surface area contributed by atoms with E-state index >= 15 is 0 Å². The molecule has 4 rings (SSSR count). The lowest BCUT2D eigenvalue weighted by atomic mass is 9.90. The number of anilines is 1. The van der Waals surface area contributed by atoms with Gasteiger partial charge in [0.1, 0.15) is 0 Å². The fourth-order valence-corrected chi connectivity index (χ4v) is 4.59. The molecule has 0 fully saturated rings. The summed E-state index contributed by atoms with van der Waals surface area (Å²) in [7, 11) is 0. The minimum atomic E-state index is -4.56. The minimum Gasteiger partial charge on any atom is -0.332 e. The van der Waals surface area contributed by atoms with Crippen molar-refractivity contribution in [1.82, 2.24) is 9.97 Å². The SMILES string of the molecule is Cc1cnc(N(Cc2cc(C#N)cc(C(F)(F)F)c2)Cc2cc(C)ccc2-c2cc(C(C)C)ccc2C)nc1. The van der Waals surface area contributed by atoms with Gasteiger partial charge in [-0.2, -0.15) is 18.4 Å². The molecule has 0 atom stereocenters. The Morgan fingerprint density at radius 3 is 2.21 bits per heavy atom. The number of hydrogen-bond acceptors (Lipinski definition) is 4. The molecule has 1 aromatic heterocycles. The first-order valence-electron chi connectivity index (χ1n) is 12.8. The smallest absolute Gasteiger partial charge is 0.332 e. The molecule has 200 valence electrons. The highest BCUT2D eigenvalue weighted by Gasteiger charge is 2.31. The van der Waals surface area contributed by atoms with Crippen molar-refractivity contribution in [1.29, 1.82) is 5.26 Å². The van der Waals surface area contributed by atoms with Crippen molar-refractivity contribution >= 4 is 5.95 Å². The Labute approximate surface area is 227 Å². The first-order chi connectivity index (χ1) is 18.4. The van der Waals surface area contributed by atoms with Crippen LogP contribution >= 0.6 is 0 Å². The average molecular weight is 529 g/mol. The van der Waals surface area contributed by atoms with Gasteiger partial charge >= 0.3 is 6.18 Å². The molecule has 0 spiro atoms. The molecule has 0 amide bonds. The number of halogens is 3. The number of hydrogen-bond donors (Lipinski definition) is 0. The third kappa shape index (κ3) is 6.64. The number of nitrogens with zero attached hydrogens (tertiary/aromatic N) is 4. The molecule has 0 aliphatic rings. The van der Waals surface area contributed by atoms with Crippen LogP contribution in [0.15, 0.2) is 67.0 Å². The molecule has 0 radical (unpaired) electrons. The molecule has 7 heteroatoms. The minimum absolute atomic E-state index is 0.0398. The van der Waals surface area contributed by atoms with Crippen LogP contribution in [0.4, 0.5) is 19.1 Å². The Bertz CT molecular complexity index is 1520. The van der Waals surface area contributed by atoms with Crippen LogP contribution in [0, 0.1) is 32.1 Å². The van der Waals surface area contributed by atoms with Crippen molar-refractivity contribution in [2.75, 3.05) is 4.90 Å². The molecule has 0 unspecified atom stereocenters. The predicted molar refractivity (Wildman–Crippen MR) is 148 cm³/mol. The lowest BCUT2D eigenvalue weighted by molar-refractivity contribution is -0.137. The quantitative estimate of drug-likeness (QED) is 0.242. The third-order valence-corrected chi connectivity index (χ3v) is 6.71. The summed E-state index contributed by atoms with van der Waals surface area (Å²) >= 11 is 0. The van der Waals surface area contributed by atoms with Gasteiger partial charge in [-0.15, -0.1) is 0 Å². The van der Waals surface area contributed by atoms with Gasteiger partial charge in [0.15, 0.2) is 0 Å². The van der Waals surface area contributed by atoms with Crippen molar-refractivity contribution in [2.24, 2.45) is 0 Å². The predicted octanol–water partition coefficient (Wildman–Crippen LogP) is 8.29. The van der Waals surface area contributed by atoms with E-state index in [1.807, 2.05) is 24.8 Å². The summed E-state index contributed by atoms with van der Waals surface area (Å²) in [6.07, 6.45) is -1.18. The van der Waals surface area contributed by atoms with Gasteiger partial charge in [-0.1, -0.05) is 55.8 Å². The summed E-state index contributed by atoms with van der Waals surface area (Å²) in [4.78, 5) is 10.8. The van der Waals surface area contributed by atoms with Gasteiger partial charge in [0.2, 0.25) is 5.95 Å². The lowest BCUT2D eigenvalue weighted by Crippen LogP contribution is -2.25. The van der Waals surface area contributed by atoms with E-state index < -0.39 is 11.7 Å². The summed E-state index contributed by atoms with van der Waals surface area (Å²) in [5, 5.41) is 9.39. The van der Waals surface area contributed by atoms with Crippen LogP contribution in [0.1, 0.15) is 64.3 Å². The second kappa shape index (κ2) is 11.3. The topological polar surface area (TPSA) is 52.8 Å². The average Bonchev–Trinajstić information content (AvgIpc) is 2.88. The Hall–Kier alpha value is -4.18. The zero-order chi connectivity index (χ0) is 28.3. The first-order valence-corrected chi connectivity index (χ1v) is 12.8. The highest BCUT2D eigenvalue weighted by molar-refractivity contribution is 5.72. The summed E-state index contributed by atoms with van der Waals surface area (Å²) in [5.41, 5.74) is 6.97. The molecule has 0 aliphatic heterocycles. The Morgan fingerprint density at radius 2 is 1.56 bits per heavy atom. The number of aromatic nitrogens is 2. The van der Waals surface area contributed by atoms with E-state index in [4.69, 9.17) is 0 Å². The van der Waals surface area contributed by atoms with Crippen LogP contribution in [-0.4, -0.2) is 9.97 Å². The van der Waals surface area contributed by atoms with E-state index in [0.717, 1.165) is 45.5 Å². The zero-order valence-corrected chi connectivity index (χ0v) is 22.8. The second-order valence-electron chi connectivity index (χ2n) is 10.3. The summed E-state index contributed by atoms with van der Waals surface area (Å²) in [6, 6.07) is 18.1. The molecule has 1 heterocycles. The fourth-order valence-electron chi connectivity index (χ4n) is 4.59. The maximum Gasteiger partial charge on any atom is 0.416 e. The molecule has 0 bridgehead atoms. The Balaban J connectivity index is 1.82. The Morgan fingerprint density at radius 1 is 0.846 bits per heavy atom. The van der Waals surface area contributed by atoms with Crippen LogP contribution < -0.4 is 4.90 Å². The molecule has 4 aromatic rings. The molecular formula is C32H31F3N4. The van der Waals surface area contributed by atoms with Crippen LogP contribution in [0.3, 0.4) is 0 Å². The number of aryl methyl sites for hydroxylation is 3. The molecule has 0 saturated carbocycles. The van der Waals surface area contributed by atoms with Gasteiger partial charge in [-0.05, 0) is 83.8 Å². The van der Waals surface area contributed by atoms with E-state index in [2.05, 4.69) is 67.1 Å². The lowest BCUT2D eigenvalue weighted by Gasteiger charge is -2.25. The van der Waals surface area contributed by atoms with Gasteiger partial charge in [-0.25, -0.2) is 9.97 Å². The van der Waals surface area contributed by atoms with Gasteiger partial charge in [-0.3, -0.25) is 0 Å². The third-order valence-electron chi connectivity index (χ3n) is 6.71. The van der Waals surface area contributed by atoms with Gasteiger partial charge < -0.3 is 4.90 Å². The maximum atomic E-state index is 13.6. The van der Waals surface area contributed by atoms with Crippen LogP contribution in [0.2, 0.25) is 0 Å². The van der Waals surface area contributed by atoms with Crippen molar-refractivity contribution < 1.29 is 13.2 Å². The standard InChI is InChI=1S/C32H31F3N4/c1-20(2)26-8-7-23(5)30(14-26)29-9-6-21(3)10-27(29)19-39(31-37-16-22(4)17-38-31)18-25-11-24(15-36)12-28(13-25)32(33,34)35/h6-14,16-17,20H,18-19H2,1-5H3. The summed E-state index contributed by atoms with van der Waals surface area (Å²) < 4.78 is 40.8. The molecule has 39 heavy (non-hydrogen) atoms. The van der Waals surface area contributed by atoms with Gasteiger partial charge in [0.05, 0.1) is 17.2 Å². The monoisotopic (exact) mass is 528 g/mol. The zero-order valence-electron chi connectivity index (χ0n) is 22.8. The van der Waals surface area contributed by atoms with Crippen molar-refractivity contribution in [3.63, 3.8) is 0 Å². The largest absolute Gasteiger partial charge is 0.416 e. The van der Waals surface area contributed by atoms with Crippen molar-refractivity contribution in [2.45, 2.75) is 59.8 Å². The van der Waals surface area contributed by atoms with Crippen molar-refractivity contribution in [3.05, 3.63) is 111 Å². The van der Waals surface area contributed by atoms with Crippen molar-refractivity contribution in [3.8, 4) is 17.2 Å². The number of benzene rings is 3. The number of alkyl halides is 3. The number of rotatable bonds is 7. The van der Waals surface area contributed by atoms with Crippen LogP contribution in [0.5, 0.6) is 0 Å². The highest BCUT2D eigenvalue weighted by atomic mass is 19.4. The van der Waals surface area contributed by atoms with E-state index in [9.17, 15) is 18.4 Å².